The zero-order valence-electron chi connectivity index (χ0n) is 8.46. The van der Waals surface area contributed by atoms with Crippen molar-refractivity contribution >= 4 is 39.6 Å². The number of aromatic nitrogens is 3. The van der Waals surface area contributed by atoms with E-state index in [0.29, 0.717) is 5.56 Å². The average Bonchev–Trinajstić information content (AvgIpc) is 2.93. The first-order valence-electron chi connectivity index (χ1n) is 4.77. The third-order valence-electron chi connectivity index (χ3n) is 2.36. The second-order valence-electron chi connectivity index (χ2n) is 3.42. The minimum Gasteiger partial charge on any atom is -0.281 e. The highest BCUT2D eigenvalue weighted by Crippen LogP contribution is 2.25. The molecular weight excluding hydrogens is 347 g/mol. The van der Waals surface area contributed by atoms with Gasteiger partial charge in [0.25, 0.3) is 0 Å². The molecule has 0 atom stereocenters. The number of hydrogen-bond acceptors (Lipinski definition) is 4. The number of halogens is 1. The average molecular weight is 352 g/mol. The predicted molar refractivity (Wildman–Crippen MR) is 73.7 cm³/mol. The molecule has 0 aliphatic heterocycles. The monoisotopic (exact) mass is 352 g/mol. The Kier molecular flexibility index (Phi) is 2.57. The summed E-state index contributed by atoms with van der Waals surface area (Å²) in [5.74, 6) is 0.774. The molecule has 0 radical (unpaired) electrons. The lowest BCUT2D eigenvalue weighted by molar-refractivity contribution is 1.11. The van der Waals surface area contributed by atoms with Crippen molar-refractivity contribution in [3.8, 4) is 17.5 Å². The van der Waals surface area contributed by atoms with Crippen LogP contribution >= 0.6 is 33.9 Å². The van der Waals surface area contributed by atoms with Gasteiger partial charge in [-0.05, 0) is 40.8 Å². The molecule has 0 amide bonds. The molecule has 0 bridgehead atoms. The van der Waals surface area contributed by atoms with Gasteiger partial charge in [0.05, 0.1) is 8.45 Å². The summed E-state index contributed by atoms with van der Waals surface area (Å²) in [6.45, 7) is 0. The lowest BCUT2D eigenvalue weighted by Crippen LogP contribution is -1.89. The number of hydrogen-bond donors (Lipinski definition) is 0. The van der Waals surface area contributed by atoms with Crippen LogP contribution in [0.5, 0.6) is 0 Å². The Morgan fingerprint density at radius 3 is 2.94 bits per heavy atom. The fourth-order valence-electron chi connectivity index (χ4n) is 1.58. The highest BCUT2D eigenvalue weighted by Gasteiger charge is 2.09. The molecule has 0 spiro atoms. The molecule has 0 aliphatic rings. The van der Waals surface area contributed by atoms with Crippen LogP contribution in [0.2, 0.25) is 0 Å². The molecule has 17 heavy (non-hydrogen) atoms. The van der Waals surface area contributed by atoms with E-state index < -0.39 is 0 Å². The van der Waals surface area contributed by atoms with Gasteiger partial charge in [-0.1, -0.05) is 0 Å². The summed E-state index contributed by atoms with van der Waals surface area (Å²) in [6.07, 6.45) is 1.76. The van der Waals surface area contributed by atoms with E-state index in [9.17, 15) is 0 Å². The zero-order chi connectivity index (χ0) is 11.8. The van der Waals surface area contributed by atoms with Crippen LogP contribution in [0.1, 0.15) is 5.56 Å². The van der Waals surface area contributed by atoms with Gasteiger partial charge in [0.1, 0.15) is 6.07 Å². The SMILES string of the molecule is N#Cc1ccc2nnc(-c3csc(I)c3)n2c1. The number of fused-ring (bicyclic) bond motifs is 1. The van der Waals surface area contributed by atoms with Gasteiger partial charge in [-0.2, -0.15) is 5.26 Å². The third-order valence-corrected chi connectivity index (χ3v) is 4.15. The summed E-state index contributed by atoms with van der Waals surface area (Å²) in [5, 5.41) is 19.2. The maximum Gasteiger partial charge on any atom is 0.169 e. The molecule has 0 aliphatic carbocycles. The summed E-state index contributed by atoms with van der Waals surface area (Å²) in [4.78, 5) is 0. The summed E-state index contributed by atoms with van der Waals surface area (Å²) in [7, 11) is 0. The first kappa shape index (κ1) is 10.7. The molecule has 4 nitrogen and oxygen atoms in total. The lowest BCUT2D eigenvalue weighted by atomic mass is 10.3. The molecule has 0 saturated heterocycles. The molecule has 3 heterocycles. The Morgan fingerprint density at radius 2 is 2.24 bits per heavy atom. The first-order chi connectivity index (χ1) is 8.28. The van der Waals surface area contributed by atoms with Crippen molar-refractivity contribution < 1.29 is 0 Å². The van der Waals surface area contributed by atoms with Crippen molar-refractivity contribution in [2.24, 2.45) is 0 Å². The Labute approximate surface area is 115 Å². The molecule has 0 N–H and O–H groups in total. The van der Waals surface area contributed by atoms with Crippen LogP contribution in [0.3, 0.4) is 0 Å². The van der Waals surface area contributed by atoms with E-state index >= 15 is 0 Å². The predicted octanol–water partition coefficient (Wildman–Crippen LogP) is 2.93. The van der Waals surface area contributed by atoms with Gasteiger partial charge in [-0.25, -0.2) is 0 Å². The molecule has 6 heteroatoms. The molecular formula is C11H5IN4S. The standard InChI is InChI=1S/C11H5IN4S/c12-9-3-8(6-17-9)11-15-14-10-2-1-7(4-13)5-16(10)11/h1-3,5-6H. The van der Waals surface area contributed by atoms with Crippen LogP contribution in [0, 0.1) is 14.2 Å². The molecule has 0 saturated carbocycles. The fraction of sp³-hybridized carbons (Fsp3) is 0. The van der Waals surface area contributed by atoms with Crippen molar-refractivity contribution in [3.63, 3.8) is 0 Å². The Bertz CT molecular complexity index is 737. The second kappa shape index (κ2) is 4.09. The van der Waals surface area contributed by atoms with E-state index in [0.717, 1.165) is 17.0 Å². The maximum atomic E-state index is 8.90. The largest absolute Gasteiger partial charge is 0.281 e. The van der Waals surface area contributed by atoms with E-state index in [1.807, 2.05) is 9.78 Å². The normalized spacial score (nSPS) is 10.6. The molecule has 3 aromatic rings. The highest BCUT2D eigenvalue weighted by molar-refractivity contribution is 14.1. The van der Waals surface area contributed by atoms with Gasteiger partial charge >= 0.3 is 0 Å². The zero-order valence-corrected chi connectivity index (χ0v) is 11.4. The Morgan fingerprint density at radius 1 is 1.35 bits per heavy atom. The van der Waals surface area contributed by atoms with E-state index in [4.69, 9.17) is 5.26 Å². The van der Waals surface area contributed by atoms with Gasteiger partial charge in [0.2, 0.25) is 0 Å². The van der Waals surface area contributed by atoms with Gasteiger partial charge in [0.15, 0.2) is 11.5 Å². The number of nitrogens with zero attached hydrogens (tertiary/aromatic N) is 4. The minimum absolute atomic E-state index is 0.600. The first-order valence-corrected chi connectivity index (χ1v) is 6.73. The maximum absolute atomic E-state index is 8.90. The van der Waals surface area contributed by atoms with Crippen molar-refractivity contribution in [3.05, 3.63) is 38.2 Å². The fourth-order valence-corrected chi connectivity index (χ4v) is 2.91. The van der Waals surface area contributed by atoms with E-state index in [1.54, 1.807) is 29.7 Å². The lowest BCUT2D eigenvalue weighted by Gasteiger charge is -1.97. The van der Waals surface area contributed by atoms with Crippen molar-refractivity contribution in [2.45, 2.75) is 0 Å². The van der Waals surface area contributed by atoms with Crippen LogP contribution in [-0.2, 0) is 0 Å². The Hall–Kier alpha value is -1.46. The highest BCUT2D eigenvalue weighted by atomic mass is 127. The number of pyridine rings is 1. The summed E-state index contributed by atoms with van der Waals surface area (Å²) in [5.41, 5.74) is 2.38. The summed E-state index contributed by atoms with van der Waals surface area (Å²) >= 11 is 3.93. The number of nitriles is 1. The van der Waals surface area contributed by atoms with Crippen LogP contribution < -0.4 is 0 Å². The van der Waals surface area contributed by atoms with Crippen molar-refractivity contribution in [1.82, 2.24) is 14.6 Å². The molecule has 0 fully saturated rings. The van der Waals surface area contributed by atoms with Gasteiger partial charge < -0.3 is 0 Å². The molecule has 3 aromatic heterocycles. The summed E-state index contributed by atoms with van der Waals surface area (Å²) < 4.78 is 3.04. The smallest absolute Gasteiger partial charge is 0.169 e. The third kappa shape index (κ3) is 1.81. The van der Waals surface area contributed by atoms with Crippen molar-refractivity contribution in [1.29, 1.82) is 5.26 Å². The van der Waals surface area contributed by atoms with E-state index in [1.165, 1.54) is 2.88 Å². The summed E-state index contributed by atoms with van der Waals surface area (Å²) in [6, 6.07) is 7.71. The minimum atomic E-state index is 0.600. The van der Waals surface area contributed by atoms with Crippen LogP contribution in [0.25, 0.3) is 17.0 Å². The molecule has 82 valence electrons. The molecule has 0 aromatic carbocycles. The van der Waals surface area contributed by atoms with E-state index in [2.05, 4.69) is 44.9 Å². The number of thiophene rings is 1. The van der Waals surface area contributed by atoms with E-state index in [-0.39, 0.29) is 0 Å². The Balaban J connectivity index is 2.27. The molecule has 0 unspecified atom stereocenters. The quantitative estimate of drug-likeness (QED) is 0.633. The van der Waals surface area contributed by atoms with Crippen LogP contribution in [0.4, 0.5) is 0 Å². The van der Waals surface area contributed by atoms with Crippen molar-refractivity contribution in [2.75, 3.05) is 0 Å². The van der Waals surface area contributed by atoms with Gasteiger partial charge in [-0.15, -0.1) is 21.5 Å². The van der Waals surface area contributed by atoms with Crippen LogP contribution in [-0.4, -0.2) is 14.6 Å². The topological polar surface area (TPSA) is 54.0 Å². The number of rotatable bonds is 1. The van der Waals surface area contributed by atoms with Gasteiger partial charge in [0, 0.05) is 17.1 Å². The second-order valence-corrected chi connectivity index (χ2v) is 6.23. The molecule has 3 rings (SSSR count). The van der Waals surface area contributed by atoms with Crippen LogP contribution in [0.15, 0.2) is 29.8 Å². The van der Waals surface area contributed by atoms with Gasteiger partial charge in [-0.3, -0.25) is 4.40 Å².